The number of rotatable bonds is 0. The first-order valence-electron chi connectivity index (χ1n) is 4.80. The van der Waals surface area contributed by atoms with Crippen molar-refractivity contribution < 1.29 is 4.79 Å². The lowest BCUT2D eigenvalue weighted by atomic mass is 9.81. The van der Waals surface area contributed by atoms with Crippen molar-refractivity contribution in [2.45, 2.75) is 44.1 Å². The van der Waals surface area contributed by atoms with Crippen LogP contribution in [0.2, 0.25) is 0 Å². The number of amides is 1. The van der Waals surface area contributed by atoms with Gasteiger partial charge in [0.25, 0.3) is 0 Å². The quantitative estimate of drug-likeness (QED) is 0.544. The number of hydrogen-bond donors (Lipinski definition) is 1. The van der Waals surface area contributed by atoms with E-state index in [0.717, 1.165) is 25.7 Å². The highest BCUT2D eigenvalue weighted by atomic mass is 16.1. The van der Waals surface area contributed by atoms with Crippen molar-refractivity contribution in [2.75, 3.05) is 0 Å². The maximum absolute atomic E-state index is 11.2. The minimum Gasteiger partial charge on any atom is -0.347 e. The highest BCUT2D eigenvalue weighted by Crippen LogP contribution is 2.30. The van der Waals surface area contributed by atoms with E-state index in [0.29, 0.717) is 0 Å². The summed E-state index contributed by atoms with van der Waals surface area (Å²) >= 11 is 0. The molecule has 0 aromatic rings. The first-order chi connectivity index (χ1) is 5.81. The third kappa shape index (κ3) is 1.38. The topological polar surface area (TPSA) is 29.1 Å². The van der Waals surface area contributed by atoms with E-state index < -0.39 is 0 Å². The summed E-state index contributed by atoms with van der Waals surface area (Å²) in [6.07, 6.45) is 10.8. The number of hydrogen-bond acceptors (Lipinski definition) is 1. The molecule has 0 unspecified atom stereocenters. The van der Waals surface area contributed by atoms with Gasteiger partial charge in [-0.3, -0.25) is 4.79 Å². The minimum atomic E-state index is 0.0492. The maximum atomic E-state index is 11.2. The number of nitrogens with one attached hydrogen (secondary N) is 1. The molecule has 1 amide bonds. The molecular formula is C10H15NO. The smallest absolute Gasteiger partial charge is 0.220 e. The van der Waals surface area contributed by atoms with Crippen molar-refractivity contribution in [3.05, 3.63) is 12.2 Å². The number of allylic oxidation sites excluding steroid dienone is 1. The van der Waals surface area contributed by atoms with Gasteiger partial charge in [-0.1, -0.05) is 12.2 Å². The van der Waals surface area contributed by atoms with Crippen molar-refractivity contribution in [1.82, 2.24) is 5.32 Å². The van der Waals surface area contributed by atoms with Crippen LogP contribution in [0.25, 0.3) is 0 Å². The van der Waals surface area contributed by atoms with E-state index in [9.17, 15) is 4.79 Å². The van der Waals surface area contributed by atoms with E-state index in [2.05, 4.69) is 17.5 Å². The van der Waals surface area contributed by atoms with Crippen LogP contribution >= 0.6 is 0 Å². The Morgan fingerprint density at radius 2 is 2.17 bits per heavy atom. The van der Waals surface area contributed by atoms with Crippen LogP contribution in [0.1, 0.15) is 38.5 Å². The summed E-state index contributed by atoms with van der Waals surface area (Å²) in [5, 5.41) is 3.11. The van der Waals surface area contributed by atoms with Gasteiger partial charge in [0.1, 0.15) is 0 Å². The molecule has 1 fully saturated rings. The van der Waals surface area contributed by atoms with E-state index in [1.165, 1.54) is 12.8 Å². The maximum Gasteiger partial charge on any atom is 0.220 e. The van der Waals surface area contributed by atoms with Crippen LogP contribution in [0.5, 0.6) is 0 Å². The van der Waals surface area contributed by atoms with Crippen LogP contribution in [0.4, 0.5) is 0 Å². The molecule has 1 aliphatic heterocycles. The third-order valence-electron chi connectivity index (χ3n) is 2.85. The Morgan fingerprint density at radius 1 is 1.33 bits per heavy atom. The summed E-state index contributed by atoms with van der Waals surface area (Å²) in [7, 11) is 0. The number of carbonyl (C=O) groups is 1. The van der Waals surface area contributed by atoms with E-state index in [-0.39, 0.29) is 11.4 Å². The second kappa shape index (κ2) is 2.92. The zero-order valence-corrected chi connectivity index (χ0v) is 7.31. The highest BCUT2D eigenvalue weighted by Gasteiger charge is 2.32. The molecule has 1 saturated heterocycles. The summed E-state index contributed by atoms with van der Waals surface area (Å²) in [6, 6.07) is 0. The summed E-state index contributed by atoms with van der Waals surface area (Å²) in [5.41, 5.74) is 0.0492. The molecule has 1 aliphatic carbocycles. The molecule has 1 spiro atoms. The van der Waals surface area contributed by atoms with Gasteiger partial charge in [-0.2, -0.15) is 0 Å². The van der Waals surface area contributed by atoms with Gasteiger partial charge in [0.15, 0.2) is 0 Å². The van der Waals surface area contributed by atoms with Gasteiger partial charge in [-0.05, 0) is 32.1 Å². The molecule has 2 heteroatoms. The lowest BCUT2D eigenvalue weighted by molar-refractivity contribution is -0.124. The Balaban J connectivity index is 2.12. The van der Waals surface area contributed by atoms with Gasteiger partial charge in [-0.25, -0.2) is 0 Å². The fourth-order valence-corrected chi connectivity index (χ4v) is 2.21. The molecule has 2 rings (SSSR count). The Labute approximate surface area is 73.0 Å². The molecule has 0 aromatic heterocycles. The van der Waals surface area contributed by atoms with Gasteiger partial charge in [0.05, 0.1) is 5.54 Å². The van der Waals surface area contributed by atoms with E-state index in [4.69, 9.17) is 0 Å². The molecule has 0 bridgehead atoms. The van der Waals surface area contributed by atoms with Crippen LogP contribution in [-0.2, 0) is 4.79 Å². The second-order valence-electron chi connectivity index (χ2n) is 3.85. The predicted octanol–water partition coefficient (Wildman–Crippen LogP) is 1.77. The zero-order chi connectivity index (χ0) is 8.44. The fourth-order valence-electron chi connectivity index (χ4n) is 2.21. The SMILES string of the molecule is O=C1CCC[C@@]2(C=CCCC2)N1. The van der Waals surface area contributed by atoms with Crippen LogP contribution in [0.3, 0.4) is 0 Å². The first kappa shape index (κ1) is 7.84. The Hall–Kier alpha value is -0.790. The average molecular weight is 165 g/mol. The molecule has 0 aromatic carbocycles. The van der Waals surface area contributed by atoms with Gasteiger partial charge in [-0.15, -0.1) is 0 Å². The summed E-state index contributed by atoms with van der Waals surface area (Å²) < 4.78 is 0. The molecule has 2 nitrogen and oxygen atoms in total. The summed E-state index contributed by atoms with van der Waals surface area (Å²) in [6.45, 7) is 0. The Kier molecular flexibility index (Phi) is 1.91. The zero-order valence-electron chi connectivity index (χ0n) is 7.31. The Morgan fingerprint density at radius 3 is 2.83 bits per heavy atom. The van der Waals surface area contributed by atoms with Crippen molar-refractivity contribution >= 4 is 5.91 Å². The highest BCUT2D eigenvalue weighted by molar-refractivity contribution is 5.78. The molecule has 12 heavy (non-hydrogen) atoms. The largest absolute Gasteiger partial charge is 0.347 e. The number of piperidine rings is 1. The molecule has 0 radical (unpaired) electrons. The average Bonchev–Trinajstić information content (AvgIpc) is 2.05. The normalized spacial score (nSPS) is 35.2. The molecule has 2 aliphatic rings. The van der Waals surface area contributed by atoms with Crippen molar-refractivity contribution in [2.24, 2.45) is 0 Å². The van der Waals surface area contributed by atoms with E-state index >= 15 is 0 Å². The lowest BCUT2D eigenvalue weighted by Crippen LogP contribution is -2.50. The van der Waals surface area contributed by atoms with Gasteiger partial charge in [0, 0.05) is 6.42 Å². The van der Waals surface area contributed by atoms with E-state index in [1.54, 1.807) is 0 Å². The first-order valence-corrected chi connectivity index (χ1v) is 4.80. The monoisotopic (exact) mass is 165 g/mol. The van der Waals surface area contributed by atoms with Crippen molar-refractivity contribution in [3.8, 4) is 0 Å². The molecule has 1 N–H and O–H groups in total. The van der Waals surface area contributed by atoms with Gasteiger partial charge in [0.2, 0.25) is 5.91 Å². The van der Waals surface area contributed by atoms with Crippen LogP contribution in [0.15, 0.2) is 12.2 Å². The van der Waals surface area contributed by atoms with Gasteiger partial charge >= 0.3 is 0 Å². The molecule has 1 heterocycles. The molecular weight excluding hydrogens is 150 g/mol. The lowest BCUT2D eigenvalue weighted by Gasteiger charge is -2.37. The summed E-state index contributed by atoms with van der Waals surface area (Å²) in [4.78, 5) is 11.2. The number of carbonyl (C=O) groups excluding carboxylic acids is 1. The van der Waals surface area contributed by atoms with Crippen molar-refractivity contribution in [3.63, 3.8) is 0 Å². The third-order valence-corrected chi connectivity index (χ3v) is 2.85. The molecule has 1 atom stereocenters. The van der Waals surface area contributed by atoms with Crippen LogP contribution in [0, 0.1) is 0 Å². The Bertz CT molecular complexity index is 222. The molecule has 0 saturated carbocycles. The minimum absolute atomic E-state index is 0.0492. The summed E-state index contributed by atoms with van der Waals surface area (Å²) in [5.74, 6) is 0.229. The second-order valence-corrected chi connectivity index (χ2v) is 3.85. The van der Waals surface area contributed by atoms with Crippen LogP contribution in [-0.4, -0.2) is 11.4 Å². The van der Waals surface area contributed by atoms with E-state index in [1.807, 2.05) is 0 Å². The fraction of sp³-hybridized carbons (Fsp3) is 0.700. The van der Waals surface area contributed by atoms with Crippen LogP contribution < -0.4 is 5.32 Å². The van der Waals surface area contributed by atoms with Gasteiger partial charge < -0.3 is 5.32 Å². The predicted molar refractivity (Wildman–Crippen MR) is 47.7 cm³/mol. The van der Waals surface area contributed by atoms with Crippen molar-refractivity contribution in [1.29, 1.82) is 0 Å². The molecule has 66 valence electrons. The standard InChI is InChI=1S/C10H15NO/c12-9-5-4-8-10(11-9)6-2-1-3-7-10/h2,6H,1,3-5,7-8H2,(H,11,12)/t10-/m0/s1.